The molecule has 1 atom stereocenters. The lowest BCUT2D eigenvalue weighted by atomic mass is 9.99. The summed E-state index contributed by atoms with van der Waals surface area (Å²) in [5.41, 5.74) is 2.60. The van der Waals surface area contributed by atoms with E-state index in [0.29, 0.717) is 35.9 Å². The zero-order valence-electron chi connectivity index (χ0n) is 16.3. The number of aromatic amines is 1. The fourth-order valence-corrected chi connectivity index (χ4v) is 4.16. The van der Waals surface area contributed by atoms with Gasteiger partial charge in [-0.15, -0.1) is 0 Å². The maximum Gasteiger partial charge on any atom is 0.292 e. The van der Waals surface area contributed by atoms with Gasteiger partial charge in [0.05, 0.1) is 17.7 Å². The molecule has 1 N–H and O–H groups in total. The molecule has 6 rings (SSSR count). The number of pyridine rings is 1. The van der Waals surface area contributed by atoms with Crippen LogP contribution in [0.3, 0.4) is 0 Å². The molecule has 10 heteroatoms. The number of aryl methyl sites for hydroxylation is 1. The van der Waals surface area contributed by atoms with Crippen LogP contribution in [0.15, 0.2) is 30.7 Å². The van der Waals surface area contributed by atoms with Crippen molar-refractivity contribution >= 4 is 11.4 Å². The number of imidazole rings is 1. The first-order valence-electron chi connectivity index (χ1n) is 9.98. The number of amides is 1. The van der Waals surface area contributed by atoms with Crippen LogP contribution >= 0.6 is 0 Å². The van der Waals surface area contributed by atoms with Crippen molar-refractivity contribution < 1.29 is 9.18 Å². The molecule has 0 bridgehead atoms. The molecular weight excluding hydrogens is 387 g/mol. The van der Waals surface area contributed by atoms with E-state index in [0.717, 1.165) is 30.1 Å². The third-order valence-electron chi connectivity index (χ3n) is 5.85. The molecule has 4 aromatic rings. The molecular formula is C20H19FN8O. The number of rotatable bonds is 3. The highest BCUT2D eigenvalue weighted by molar-refractivity contribution is 5.91. The number of nitrogens with one attached hydrogen (secondary N) is 1. The summed E-state index contributed by atoms with van der Waals surface area (Å²) in [5, 5.41) is 8.99. The lowest BCUT2D eigenvalue weighted by Gasteiger charge is -2.33. The SMILES string of the molecule is Cn1nc(C2CC2)nc1C(=O)N1CCc2[nH]cnc2C1c1cc2c(F)cccn2n1. The Bertz CT molecular complexity index is 1280. The van der Waals surface area contributed by atoms with Crippen LogP contribution in [0.2, 0.25) is 0 Å². The summed E-state index contributed by atoms with van der Waals surface area (Å²) >= 11 is 0. The van der Waals surface area contributed by atoms with Crippen molar-refractivity contribution in [2.45, 2.75) is 31.2 Å². The number of H-pyrrole nitrogens is 1. The predicted octanol–water partition coefficient (Wildman–Crippen LogP) is 1.99. The molecule has 1 unspecified atom stereocenters. The van der Waals surface area contributed by atoms with Gasteiger partial charge >= 0.3 is 0 Å². The highest BCUT2D eigenvalue weighted by atomic mass is 19.1. The molecule has 1 aliphatic heterocycles. The molecule has 1 fully saturated rings. The number of carbonyl (C=O) groups is 1. The Balaban J connectivity index is 1.45. The molecule has 152 valence electrons. The molecule has 5 heterocycles. The van der Waals surface area contributed by atoms with E-state index in [4.69, 9.17) is 0 Å². The minimum atomic E-state index is -0.534. The molecule has 0 saturated heterocycles. The van der Waals surface area contributed by atoms with Crippen molar-refractivity contribution in [1.29, 1.82) is 0 Å². The Morgan fingerprint density at radius 3 is 2.97 bits per heavy atom. The summed E-state index contributed by atoms with van der Waals surface area (Å²) in [5.74, 6) is 0.789. The van der Waals surface area contributed by atoms with Gasteiger partial charge < -0.3 is 9.88 Å². The Hall–Kier alpha value is -3.56. The van der Waals surface area contributed by atoms with Gasteiger partial charge in [-0.2, -0.15) is 10.2 Å². The number of nitrogens with zero attached hydrogens (tertiary/aromatic N) is 7. The summed E-state index contributed by atoms with van der Waals surface area (Å²) in [6.45, 7) is 0.473. The zero-order valence-corrected chi connectivity index (χ0v) is 16.3. The van der Waals surface area contributed by atoms with E-state index in [9.17, 15) is 9.18 Å². The fraction of sp³-hybridized carbons (Fsp3) is 0.350. The Morgan fingerprint density at radius 2 is 2.17 bits per heavy atom. The third kappa shape index (κ3) is 2.56. The molecule has 1 saturated carbocycles. The van der Waals surface area contributed by atoms with Crippen molar-refractivity contribution in [3.63, 3.8) is 0 Å². The monoisotopic (exact) mass is 406 g/mol. The standard InChI is InChI=1S/C20H19FN8O/c1-27-19(24-18(26-27)11-4-5-11)20(30)28-8-6-13-16(23-10-22-13)17(28)14-9-15-12(21)3-2-7-29(15)25-14/h2-3,7,9-11,17H,4-6,8H2,1H3,(H,22,23). The zero-order chi connectivity index (χ0) is 20.4. The fourth-order valence-electron chi connectivity index (χ4n) is 4.16. The Kier molecular flexibility index (Phi) is 3.59. The molecule has 9 nitrogen and oxygen atoms in total. The van der Waals surface area contributed by atoms with E-state index in [2.05, 4.69) is 25.1 Å². The van der Waals surface area contributed by atoms with Crippen LogP contribution in [-0.4, -0.2) is 51.7 Å². The first kappa shape index (κ1) is 17.3. The average molecular weight is 406 g/mol. The normalized spacial score (nSPS) is 18.7. The lowest BCUT2D eigenvalue weighted by molar-refractivity contribution is 0.0669. The highest BCUT2D eigenvalue weighted by Crippen LogP contribution is 2.39. The van der Waals surface area contributed by atoms with Crippen LogP contribution < -0.4 is 0 Å². The molecule has 4 aromatic heterocycles. The second kappa shape index (κ2) is 6.22. The number of fused-ring (bicyclic) bond motifs is 2. The number of halogens is 1. The van der Waals surface area contributed by atoms with E-state index in [1.807, 2.05) is 0 Å². The van der Waals surface area contributed by atoms with Crippen molar-refractivity contribution in [3.8, 4) is 0 Å². The number of aromatic nitrogens is 7. The van der Waals surface area contributed by atoms with Gasteiger partial charge in [-0.25, -0.2) is 23.6 Å². The van der Waals surface area contributed by atoms with E-state index >= 15 is 0 Å². The largest absolute Gasteiger partial charge is 0.348 e. The molecule has 1 aliphatic carbocycles. The molecule has 2 aliphatic rings. The van der Waals surface area contributed by atoms with Gasteiger partial charge in [0.15, 0.2) is 5.82 Å². The maximum atomic E-state index is 14.3. The number of carbonyl (C=O) groups excluding carboxylic acids is 1. The Labute approximate surface area is 170 Å². The second-order valence-electron chi connectivity index (χ2n) is 7.86. The van der Waals surface area contributed by atoms with E-state index in [-0.39, 0.29) is 11.7 Å². The summed E-state index contributed by atoms with van der Waals surface area (Å²) in [6.07, 6.45) is 6.08. The van der Waals surface area contributed by atoms with Crippen LogP contribution in [0.5, 0.6) is 0 Å². The van der Waals surface area contributed by atoms with Crippen molar-refractivity contribution in [3.05, 3.63) is 65.3 Å². The van der Waals surface area contributed by atoms with Crippen molar-refractivity contribution in [2.24, 2.45) is 7.05 Å². The summed E-state index contributed by atoms with van der Waals surface area (Å²) in [7, 11) is 1.74. The van der Waals surface area contributed by atoms with Crippen LogP contribution in [0.25, 0.3) is 5.52 Å². The van der Waals surface area contributed by atoms with Crippen molar-refractivity contribution in [1.82, 2.24) is 39.2 Å². The van der Waals surface area contributed by atoms with Crippen LogP contribution in [0.4, 0.5) is 4.39 Å². The van der Waals surface area contributed by atoms with E-state index in [1.165, 1.54) is 10.6 Å². The van der Waals surface area contributed by atoms with Gasteiger partial charge in [-0.1, -0.05) is 0 Å². The quantitative estimate of drug-likeness (QED) is 0.561. The highest BCUT2D eigenvalue weighted by Gasteiger charge is 2.38. The Morgan fingerprint density at radius 1 is 1.30 bits per heavy atom. The molecule has 30 heavy (non-hydrogen) atoms. The summed E-state index contributed by atoms with van der Waals surface area (Å²) in [4.78, 5) is 27.4. The average Bonchev–Trinajstić information content (AvgIpc) is 3.14. The first-order chi connectivity index (χ1) is 14.6. The van der Waals surface area contributed by atoms with Crippen molar-refractivity contribution in [2.75, 3.05) is 6.54 Å². The molecule has 0 radical (unpaired) electrons. The van der Waals surface area contributed by atoms with Crippen LogP contribution in [0, 0.1) is 5.82 Å². The van der Waals surface area contributed by atoms with Gasteiger partial charge in [-0.05, 0) is 31.0 Å². The van der Waals surface area contributed by atoms with Gasteiger partial charge in [0, 0.05) is 37.8 Å². The van der Waals surface area contributed by atoms with Gasteiger partial charge in [0.2, 0.25) is 5.82 Å². The van der Waals surface area contributed by atoms with Gasteiger partial charge in [0.1, 0.15) is 17.4 Å². The van der Waals surface area contributed by atoms with Gasteiger partial charge in [-0.3, -0.25) is 4.79 Å². The molecule has 1 amide bonds. The van der Waals surface area contributed by atoms with Crippen LogP contribution in [-0.2, 0) is 13.5 Å². The van der Waals surface area contributed by atoms with Crippen LogP contribution in [0.1, 0.15) is 58.3 Å². The molecule has 0 spiro atoms. The topological polar surface area (TPSA) is 97.0 Å². The second-order valence-corrected chi connectivity index (χ2v) is 7.86. The number of hydrogen-bond donors (Lipinski definition) is 1. The minimum absolute atomic E-state index is 0.229. The predicted molar refractivity (Wildman–Crippen MR) is 103 cm³/mol. The summed E-state index contributed by atoms with van der Waals surface area (Å²) < 4.78 is 17.3. The van der Waals surface area contributed by atoms with E-state index < -0.39 is 6.04 Å². The minimum Gasteiger partial charge on any atom is -0.348 e. The van der Waals surface area contributed by atoms with Gasteiger partial charge in [0.25, 0.3) is 5.91 Å². The number of hydrogen-bond acceptors (Lipinski definition) is 5. The molecule has 0 aromatic carbocycles. The lowest BCUT2D eigenvalue weighted by Crippen LogP contribution is -2.42. The summed E-state index contributed by atoms with van der Waals surface area (Å²) in [6, 6.07) is 4.13. The van der Waals surface area contributed by atoms with E-state index in [1.54, 1.807) is 41.3 Å². The maximum absolute atomic E-state index is 14.3. The smallest absolute Gasteiger partial charge is 0.292 e. The first-order valence-corrected chi connectivity index (χ1v) is 9.98. The third-order valence-corrected chi connectivity index (χ3v) is 5.85.